The quantitative estimate of drug-likeness (QED) is 0.845. The minimum absolute atomic E-state index is 0.140. The smallest absolute Gasteiger partial charge is 0.253 e. The second kappa shape index (κ2) is 5.77. The number of hydrogen-bond donors (Lipinski definition) is 0. The molecule has 2 bridgehead atoms. The SMILES string of the molecule is CN1[C@H]2CC[C@@H]1CN(C(=O)c1ccc(-n3cnnc3)cc1)CC2. The fourth-order valence-corrected chi connectivity index (χ4v) is 3.79. The van der Waals surface area contributed by atoms with E-state index in [4.69, 9.17) is 0 Å². The van der Waals surface area contributed by atoms with Gasteiger partial charge < -0.3 is 4.90 Å². The average Bonchev–Trinajstić information content (AvgIpc) is 3.16. The van der Waals surface area contributed by atoms with Crippen LogP contribution in [0, 0.1) is 0 Å². The lowest BCUT2D eigenvalue weighted by Crippen LogP contribution is -2.39. The third-order valence-corrected chi connectivity index (χ3v) is 5.27. The Bertz CT molecular complexity index is 682. The fourth-order valence-electron chi connectivity index (χ4n) is 3.79. The molecule has 0 aliphatic carbocycles. The van der Waals surface area contributed by atoms with Crippen LogP contribution in [0.5, 0.6) is 0 Å². The number of fused-ring (bicyclic) bond motifs is 2. The molecule has 6 heteroatoms. The predicted octanol–water partition coefficient (Wildman–Crippen LogP) is 1.58. The van der Waals surface area contributed by atoms with Gasteiger partial charge in [-0.1, -0.05) is 0 Å². The van der Waals surface area contributed by atoms with Crippen molar-refractivity contribution in [3.8, 4) is 5.69 Å². The lowest BCUT2D eigenvalue weighted by atomic mass is 10.1. The van der Waals surface area contributed by atoms with Crippen LogP contribution in [0.25, 0.3) is 5.69 Å². The predicted molar refractivity (Wildman–Crippen MR) is 86.5 cm³/mol. The number of nitrogens with zero attached hydrogens (tertiary/aromatic N) is 5. The maximum absolute atomic E-state index is 12.8. The van der Waals surface area contributed by atoms with Gasteiger partial charge in [0.15, 0.2) is 0 Å². The van der Waals surface area contributed by atoms with Gasteiger partial charge in [0.25, 0.3) is 5.91 Å². The Kier molecular flexibility index (Phi) is 3.61. The lowest BCUT2D eigenvalue weighted by molar-refractivity contribution is 0.0740. The van der Waals surface area contributed by atoms with Gasteiger partial charge in [-0.15, -0.1) is 10.2 Å². The molecule has 2 aliphatic heterocycles. The molecular formula is C17H21N5O. The number of hydrogen-bond acceptors (Lipinski definition) is 4. The minimum Gasteiger partial charge on any atom is -0.337 e. The molecule has 2 aliphatic rings. The highest BCUT2D eigenvalue weighted by atomic mass is 16.2. The van der Waals surface area contributed by atoms with Crippen molar-refractivity contribution in [3.05, 3.63) is 42.5 Å². The standard InChI is InChI=1S/C17H21N5O/c1-20-14-6-7-16(20)10-21(9-8-14)17(23)13-2-4-15(5-3-13)22-11-18-19-12-22/h2-5,11-12,14,16H,6-10H2,1H3/t14-,16+/m0/s1. The van der Waals surface area contributed by atoms with Crippen LogP contribution >= 0.6 is 0 Å². The van der Waals surface area contributed by atoms with Crippen LogP contribution in [0.3, 0.4) is 0 Å². The van der Waals surface area contributed by atoms with Crippen molar-refractivity contribution in [1.82, 2.24) is 24.6 Å². The molecule has 2 atom stereocenters. The second-order valence-electron chi connectivity index (χ2n) is 6.51. The molecule has 2 aromatic rings. The van der Waals surface area contributed by atoms with E-state index in [-0.39, 0.29) is 5.91 Å². The van der Waals surface area contributed by atoms with Crippen molar-refractivity contribution >= 4 is 5.91 Å². The van der Waals surface area contributed by atoms with Gasteiger partial charge in [-0.2, -0.15) is 0 Å². The van der Waals surface area contributed by atoms with Gasteiger partial charge in [-0.3, -0.25) is 14.3 Å². The highest BCUT2D eigenvalue weighted by molar-refractivity contribution is 5.94. The van der Waals surface area contributed by atoms with Gasteiger partial charge >= 0.3 is 0 Å². The van der Waals surface area contributed by atoms with Crippen molar-refractivity contribution in [2.24, 2.45) is 0 Å². The Hall–Kier alpha value is -2.21. The molecule has 23 heavy (non-hydrogen) atoms. The maximum atomic E-state index is 12.8. The Morgan fingerprint density at radius 3 is 2.48 bits per heavy atom. The zero-order valence-corrected chi connectivity index (χ0v) is 13.3. The van der Waals surface area contributed by atoms with E-state index in [1.54, 1.807) is 12.7 Å². The number of benzene rings is 1. The third-order valence-electron chi connectivity index (χ3n) is 5.27. The summed E-state index contributed by atoms with van der Waals surface area (Å²) in [5, 5.41) is 7.60. The Morgan fingerprint density at radius 2 is 1.74 bits per heavy atom. The zero-order valence-electron chi connectivity index (χ0n) is 13.3. The first-order chi connectivity index (χ1) is 11.2. The van der Waals surface area contributed by atoms with E-state index >= 15 is 0 Å². The molecule has 120 valence electrons. The second-order valence-corrected chi connectivity index (χ2v) is 6.51. The molecule has 1 aromatic heterocycles. The molecule has 6 nitrogen and oxygen atoms in total. The van der Waals surface area contributed by atoms with Gasteiger partial charge in [0, 0.05) is 36.4 Å². The van der Waals surface area contributed by atoms with Crippen molar-refractivity contribution in [3.63, 3.8) is 0 Å². The van der Waals surface area contributed by atoms with Crippen LogP contribution in [0.1, 0.15) is 29.6 Å². The first kappa shape index (κ1) is 14.4. The van der Waals surface area contributed by atoms with E-state index in [0.29, 0.717) is 12.1 Å². The van der Waals surface area contributed by atoms with E-state index in [1.165, 1.54) is 12.8 Å². The summed E-state index contributed by atoms with van der Waals surface area (Å²) in [7, 11) is 2.20. The number of carbonyl (C=O) groups excluding carboxylic acids is 1. The normalized spacial score (nSPS) is 24.7. The van der Waals surface area contributed by atoms with Crippen LogP contribution in [0.4, 0.5) is 0 Å². The molecule has 0 spiro atoms. The van der Waals surface area contributed by atoms with Crippen LogP contribution in [0.15, 0.2) is 36.9 Å². The molecule has 2 saturated heterocycles. The Balaban J connectivity index is 1.50. The number of carbonyl (C=O) groups is 1. The van der Waals surface area contributed by atoms with Crippen molar-refractivity contribution < 1.29 is 4.79 Å². The molecule has 1 amide bonds. The lowest BCUT2D eigenvalue weighted by Gasteiger charge is -2.26. The van der Waals surface area contributed by atoms with Gasteiger partial charge in [0.2, 0.25) is 0 Å². The van der Waals surface area contributed by atoms with Crippen LogP contribution < -0.4 is 0 Å². The van der Waals surface area contributed by atoms with Gasteiger partial charge in [-0.25, -0.2) is 0 Å². The van der Waals surface area contributed by atoms with Crippen molar-refractivity contribution in [2.45, 2.75) is 31.3 Å². The minimum atomic E-state index is 0.140. The summed E-state index contributed by atoms with van der Waals surface area (Å²) in [4.78, 5) is 17.3. The number of likely N-dealkylation sites (tertiary alicyclic amines) is 1. The molecule has 0 unspecified atom stereocenters. The summed E-state index contributed by atoms with van der Waals surface area (Å²) in [6.07, 6.45) is 6.86. The van der Waals surface area contributed by atoms with Gasteiger partial charge in [0.05, 0.1) is 0 Å². The molecule has 3 heterocycles. The molecule has 0 radical (unpaired) electrons. The zero-order chi connectivity index (χ0) is 15.8. The fraction of sp³-hybridized carbons (Fsp3) is 0.471. The topological polar surface area (TPSA) is 54.3 Å². The van der Waals surface area contributed by atoms with E-state index in [9.17, 15) is 4.79 Å². The summed E-state index contributed by atoms with van der Waals surface area (Å²) < 4.78 is 1.83. The number of amides is 1. The maximum Gasteiger partial charge on any atom is 0.253 e. The summed E-state index contributed by atoms with van der Waals surface area (Å²) in [6, 6.07) is 8.82. The highest BCUT2D eigenvalue weighted by Gasteiger charge is 2.36. The molecule has 1 aromatic carbocycles. The summed E-state index contributed by atoms with van der Waals surface area (Å²) in [5.41, 5.74) is 1.71. The van der Waals surface area contributed by atoms with Crippen LogP contribution in [-0.2, 0) is 0 Å². The molecule has 2 fully saturated rings. The van der Waals surface area contributed by atoms with Crippen LogP contribution in [-0.4, -0.2) is 62.7 Å². The van der Waals surface area contributed by atoms with Crippen LogP contribution in [0.2, 0.25) is 0 Å². The number of aromatic nitrogens is 3. The summed E-state index contributed by atoms with van der Waals surface area (Å²) in [6.45, 7) is 1.70. The first-order valence-electron chi connectivity index (χ1n) is 8.18. The Morgan fingerprint density at radius 1 is 1.04 bits per heavy atom. The number of likely N-dealkylation sites (N-methyl/N-ethyl adjacent to an activating group) is 1. The molecular weight excluding hydrogens is 290 g/mol. The molecule has 0 N–H and O–H groups in total. The number of rotatable bonds is 2. The average molecular weight is 311 g/mol. The largest absolute Gasteiger partial charge is 0.337 e. The third kappa shape index (κ3) is 2.63. The first-order valence-corrected chi connectivity index (χ1v) is 8.18. The van der Waals surface area contributed by atoms with E-state index in [0.717, 1.165) is 30.8 Å². The van der Waals surface area contributed by atoms with Crippen molar-refractivity contribution in [1.29, 1.82) is 0 Å². The van der Waals surface area contributed by atoms with E-state index in [2.05, 4.69) is 22.1 Å². The van der Waals surface area contributed by atoms with E-state index < -0.39 is 0 Å². The highest BCUT2D eigenvalue weighted by Crippen LogP contribution is 2.29. The Labute approximate surface area is 135 Å². The summed E-state index contributed by atoms with van der Waals surface area (Å²) >= 11 is 0. The van der Waals surface area contributed by atoms with E-state index in [1.807, 2.05) is 33.7 Å². The van der Waals surface area contributed by atoms with Gasteiger partial charge in [0.1, 0.15) is 12.7 Å². The monoisotopic (exact) mass is 311 g/mol. The molecule has 4 rings (SSSR count). The van der Waals surface area contributed by atoms with Crippen molar-refractivity contribution in [2.75, 3.05) is 20.1 Å². The summed E-state index contributed by atoms with van der Waals surface area (Å²) in [5.74, 6) is 0.140. The molecule has 0 saturated carbocycles. The van der Waals surface area contributed by atoms with Gasteiger partial charge in [-0.05, 0) is 50.6 Å².